The third kappa shape index (κ3) is 3.94. The molecule has 1 aliphatic heterocycles. The minimum Gasteiger partial charge on any atom is -0.465 e. The van der Waals surface area contributed by atoms with Crippen LogP contribution in [0.25, 0.3) is 0 Å². The van der Waals surface area contributed by atoms with E-state index in [2.05, 4.69) is 11.4 Å². The smallest absolute Gasteiger partial charge is 0.338 e. The van der Waals surface area contributed by atoms with E-state index >= 15 is 0 Å². The summed E-state index contributed by atoms with van der Waals surface area (Å²) in [4.78, 5) is 13.9. The number of esters is 1. The Labute approximate surface area is 164 Å². The van der Waals surface area contributed by atoms with Crippen molar-refractivity contribution in [2.24, 2.45) is 0 Å². The summed E-state index contributed by atoms with van der Waals surface area (Å²) in [5.41, 5.74) is 4.17. The van der Waals surface area contributed by atoms with E-state index in [4.69, 9.17) is 4.74 Å². The number of halogens is 1. The SMILES string of the molecule is COC(=O)c1cc(NC2CCN(c3c(F)cccc3C#N)CC2)c(C)cc1C. The number of methoxy groups -OCH3 is 1. The molecule has 0 aromatic heterocycles. The van der Waals surface area contributed by atoms with E-state index in [1.807, 2.05) is 30.9 Å². The van der Waals surface area contributed by atoms with Crippen molar-refractivity contribution >= 4 is 17.3 Å². The fraction of sp³-hybridized carbons (Fsp3) is 0.364. The van der Waals surface area contributed by atoms with Crippen molar-refractivity contribution in [1.29, 1.82) is 5.26 Å². The second kappa shape index (κ2) is 8.30. The monoisotopic (exact) mass is 381 g/mol. The van der Waals surface area contributed by atoms with E-state index < -0.39 is 0 Å². The lowest BCUT2D eigenvalue weighted by molar-refractivity contribution is 0.0600. The van der Waals surface area contributed by atoms with Crippen LogP contribution in [0.4, 0.5) is 15.8 Å². The quantitative estimate of drug-likeness (QED) is 0.805. The largest absolute Gasteiger partial charge is 0.465 e. The molecule has 6 heteroatoms. The van der Waals surface area contributed by atoms with E-state index in [0.29, 0.717) is 29.9 Å². The maximum Gasteiger partial charge on any atom is 0.338 e. The predicted octanol–water partition coefficient (Wildman–Crippen LogP) is 4.18. The second-order valence-electron chi connectivity index (χ2n) is 7.13. The molecule has 0 bridgehead atoms. The molecular formula is C22H24FN3O2. The number of carbonyl (C=O) groups is 1. The number of benzene rings is 2. The third-order valence-corrected chi connectivity index (χ3v) is 5.25. The number of hydrogen-bond acceptors (Lipinski definition) is 5. The summed E-state index contributed by atoms with van der Waals surface area (Å²) in [7, 11) is 1.38. The number of nitriles is 1. The van der Waals surface area contributed by atoms with Crippen LogP contribution in [0.3, 0.4) is 0 Å². The Morgan fingerprint density at radius 1 is 1.25 bits per heavy atom. The van der Waals surface area contributed by atoms with Crippen LogP contribution in [-0.4, -0.2) is 32.2 Å². The molecule has 28 heavy (non-hydrogen) atoms. The highest BCUT2D eigenvalue weighted by atomic mass is 19.1. The Morgan fingerprint density at radius 2 is 1.96 bits per heavy atom. The minimum absolute atomic E-state index is 0.209. The maximum atomic E-state index is 14.3. The van der Waals surface area contributed by atoms with Crippen LogP contribution in [-0.2, 0) is 4.74 Å². The zero-order valence-corrected chi connectivity index (χ0v) is 16.4. The van der Waals surface area contributed by atoms with E-state index in [0.717, 1.165) is 29.7 Å². The number of para-hydroxylation sites is 1. The summed E-state index contributed by atoms with van der Waals surface area (Å²) in [6.45, 7) is 5.21. The van der Waals surface area contributed by atoms with Crippen LogP contribution in [0.15, 0.2) is 30.3 Å². The molecule has 0 atom stereocenters. The first-order valence-corrected chi connectivity index (χ1v) is 9.34. The minimum atomic E-state index is -0.359. The second-order valence-corrected chi connectivity index (χ2v) is 7.13. The van der Waals surface area contributed by atoms with Gasteiger partial charge in [0.1, 0.15) is 11.9 Å². The van der Waals surface area contributed by atoms with Gasteiger partial charge in [-0.05, 0) is 56.0 Å². The number of hydrogen-bond donors (Lipinski definition) is 1. The molecule has 1 heterocycles. The van der Waals surface area contributed by atoms with Crippen molar-refractivity contribution in [3.8, 4) is 6.07 Å². The molecular weight excluding hydrogens is 357 g/mol. The number of aryl methyl sites for hydroxylation is 2. The number of nitrogens with one attached hydrogen (secondary N) is 1. The fourth-order valence-electron chi connectivity index (χ4n) is 3.73. The van der Waals surface area contributed by atoms with Crippen molar-refractivity contribution in [2.45, 2.75) is 32.7 Å². The zero-order valence-electron chi connectivity index (χ0n) is 16.4. The predicted molar refractivity (Wildman–Crippen MR) is 107 cm³/mol. The van der Waals surface area contributed by atoms with Gasteiger partial charge in [0.05, 0.1) is 23.9 Å². The Hall–Kier alpha value is -3.07. The first kappa shape index (κ1) is 19.7. The lowest BCUT2D eigenvalue weighted by atomic mass is 10.00. The molecule has 146 valence electrons. The van der Waals surface area contributed by atoms with Crippen molar-refractivity contribution in [3.63, 3.8) is 0 Å². The van der Waals surface area contributed by atoms with E-state index in [9.17, 15) is 14.4 Å². The van der Waals surface area contributed by atoms with E-state index in [1.165, 1.54) is 13.2 Å². The summed E-state index contributed by atoms with van der Waals surface area (Å²) in [5, 5.41) is 12.8. The molecule has 1 N–H and O–H groups in total. The molecule has 2 aromatic carbocycles. The molecule has 1 aliphatic rings. The molecule has 2 aromatic rings. The summed E-state index contributed by atoms with van der Waals surface area (Å²) in [5.74, 6) is -0.707. The maximum absolute atomic E-state index is 14.3. The van der Waals surface area contributed by atoms with Gasteiger partial charge >= 0.3 is 5.97 Å². The fourth-order valence-corrected chi connectivity index (χ4v) is 3.73. The lowest BCUT2D eigenvalue weighted by Gasteiger charge is -2.35. The van der Waals surface area contributed by atoms with Crippen LogP contribution in [0.1, 0.15) is 39.9 Å². The summed E-state index contributed by atoms with van der Waals surface area (Å²) >= 11 is 0. The average Bonchev–Trinajstić information content (AvgIpc) is 2.70. The van der Waals surface area contributed by atoms with Gasteiger partial charge in [-0.3, -0.25) is 0 Å². The molecule has 0 aliphatic carbocycles. The number of rotatable bonds is 4. The normalized spacial score (nSPS) is 14.5. The highest BCUT2D eigenvalue weighted by Gasteiger charge is 2.24. The Bertz CT molecular complexity index is 928. The van der Waals surface area contributed by atoms with Crippen molar-refractivity contribution in [2.75, 3.05) is 30.4 Å². The molecule has 0 spiro atoms. The van der Waals surface area contributed by atoms with Crippen LogP contribution in [0, 0.1) is 31.0 Å². The lowest BCUT2D eigenvalue weighted by Crippen LogP contribution is -2.40. The first-order chi connectivity index (χ1) is 13.4. The van der Waals surface area contributed by atoms with Gasteiger partial charge in [-0.15, -0.1) is 0 Å². The molecule has 0 unspecified atom stereocenters. The Balaban J connectivity index is 1.72. The van der Waals surface area contributed by atoms with Crippen molar-refractivity contribution < 1.29 is 13.9 Å². The summed E-state index contributed by atoms with van der Waals surface area (Å²) in [6, 6.07) is 10.7. The van der Waals surface area contributed by atoms with Crippen LogP contribution in [0.2, 0.25) is 0 Å². The Morgan fingerprint density at radius 3 is 2.61 bits per heavy atom. The summed E-state index contributed by atoms with van der Waals surface area (Å²) in [6.07, 6.45) is 1.61. The Kier molecular flexibility index (Phi) is 5.84. The molecule has 3 rings (SSSR count). The molecule has 0 radical (unpaired) electrons. The van der Waals surface area contributed by atoms with Crippen LogP contribution in [0.5, 0.6) is 0 Å². The molecule has 1 fully saturated rings. The highest BCUT2D eigenvalue weighted by molar-refractivity contribution is 5.92. The van der Waals surface area contributed by atoms with Crippen molar-refractivity contribution in [3.05, 3.63) is 58.4 Å². The molecule has 1 saturated heterocycles. The van der Waals surface area contributed by atoms with Crippen LogP contribution >= 0.6 is 0 Å². The highest BCUT2D eigenvalue weighted by Crippen LogP contribution is 2.29. The molecule has 0 amide bonds. The number of carbonyl (C=O) groups excluding carboxylic acids is 1. The van der Waals surface area contributed by atoms with Crippen molar-refractivity contribution in [1.82, 2.24) is 0 Å². The topological polar surface area (TPSA) is 65.4 Å². The molecule has 5 nitrogen and oxygen atoms in total. The van der Waals surface area contributed by atoms with Gasteiger partial charge in [0.25, 0.3) is 0 Å². The number of ether oxygens (including phenoxy) is 1. The van der Waals surface area contributed by atoms with Crippen LogP contribution < -0.4 is 10.2 Å². The van der Waals surface area contributed by atoms with E-state index in [-0.39, 0.29) is 17.8 Å². The van der Waals surface area contributed by atoms with Gasteiger partial charge in [-0.25, -0.2) is 9.18 Å². The number of nitrogens with zero attached hydrogens (tertiary/aromatic N) is 2. The van der Waals surface area contributed by atoms with Gasteiger partial charge in [0, 0.05) is 24.8 Å². The first-order valence-electron chi connectivity index (χ1n) is 9.34. The van der Waals surface area contributed by atoms with Gasteiger partial charge in [-0.1, -0.05) is 12.1 Å². The zero-order chi connectivity index (χ0) is 20.3. The van der Waals surface area contributed by atoms with E-state index in [1.54, 1.807) is 12.1 Å². The van der Waals surface area contributed by atoms with Gasteiger partial charge in [0.2, 0.25) is 0 Å². The third-order valence-electron chi connectivity index (χ3n) is 5.25. The molecule has 0 saturated carbocycles. The van der Waals surface area contributed by atoms with Gasteiger partial charge in [-0.2, -0.15) is 5.26 Å². The van der Waals surface area contributed by atoms with Gasteiger partial charge in [0.15, 0.2) is 0 Å². The van der Waals surface area contributed by atoms with Gasteiger partial charge < -0.3 is 15.0 Å². The summed E-state index contributed by atoms with van der Waals surface area (Å²) < 4.78 is 19.1. The standard InChI is InChI=1S/C22H24FN3O2/c1-14-11-15(2)20(12-18(14)22(27)28-3)25-17-7-9-26(10-8-17)21-16(13-24)5-4-6-19(21)23/h4-6,11-12,17,25H,7-10H2,1-3H3. The average molecular weight is 381 g/mol. The number of anilines is 2. The number of piperidine rings is 1.